The first-order chi connectivity index (χ1) is 8.88. The molecule has 1 unspecified atom stereocenters. The van der Waals surface area contributed by atoms with Crippen molar-refractivity contribution in [1.29, 1.82) is 0 Å². The Labute approximate surface area is 106 Å². The van der Waals surface area contributed by atoms with Gasteiger partial charge in [0.25, 0.3) is 0 Å². The van der Waals surface area contributed by atoms with Crippen molar-refractivity contribution in [3.05, 3.63) is 29.6 Å². The van der Waals surface area contributed by atoms with Crippen LogP contribution in [0.3, 0.4) is 0 Å². The normalized spacial score (nSPS) is 20.3. The van der Waals surface area contributed by atoms with Crippen molar-refractivity contribution in [2.75, 3.05) is 13.2 Å². The third-order valence-corrected chi connectivity index (χ3v) is 2.85. The largest absolute Gasteiger partial charge is 0.411 e. The van der Waals surface area contributed by atoms with Crippen LogP contribution in [0.5, 0.6) is 0 Å². The quantitative estimate of drug-likeness (QED) is 0.493. The summed E-state index contributed by atoms with van der Waals surface area (Å²) in [6.45, 7) is 1.39. The van der Waals surface area contributed by atoms with Gasteiger partial charge >= 0.3 is 0 Å². The molecule has 0 saturated carbocycles. The lowest BCUT2D eigenvalue weighted by Gasteiger charge is -2.22. The molecular formula is C13H18N2O3. The average molecular weight is 250 g/mol. The van der Waals surface area contributed by atoms with Crippen molar-refractivity contribution < 1.29 is 14.7 Å². The Morgan fingerprint density at radius 2 is 2.50 bits per heavy atom. The van der Waals surface area contributed by atoms with E-state index in [0.717, 1.165) is 37.1 Å². The van der Waals surface area contributed by atoms with E-state index in [-0.39, 0.29) is 6.29 Å². The molecule has 5 heteroatoms. The SMILES string of the molecule is ON=Cc1ccnc(CCOC2CCCCO2)c1. The first-order valence-corrected chi connectivity index (χ1v) is 6.24. The molecule has 0 bridgehead atoms. The minimum Gasteiger partial charge on any atom is -0.411 e. The summed E-state index contributed by atoms with van der Waals surface area (Å²) < 4.78 is 11.1. The van der Waals surface area contributed by atoms with Gasteiger partial charge in [0.1, 0.15) is 0 Å². The van der Waals surface area contributed by atoms with Crippen LogP contribution in [0.25, 0.3) is 0 Å². The van der Waals surface area contributed by atoms with E-state index in [2.05, 4.69) is 10.1 Å². The van der Waals surface area contributed by atoms with E-state index in [1.807, 2.05) is 6.07 Å². The molecule has 1 aliphatic rings. The molecule has 1 N–H and O–H groups in total. The topological polar surface area (TPSA) is 63.9 Å². The number of aromatic nitrogens is 1. The summed E-state index contributed by atoms with van der Waals surface area (Å²) in [5, 5.41) is 11.5. The highest BCUT2D eigenvalue weighted by Gasteiger charge is 2.13. The van der Waals surface area contributed by atoms with Crippen molar-refractivity contribution >= 4 is 6.21 Å². The number of ether oxygens (including phenoxy) is 2. The van der Waals surface area contributed by atoms with Gasteiger partial charge in [-0.15, -0.1) is 0 Å². The summed E-state index contributed by atoms with van der Waals surface area (Å²) >= 11 is 0. The van der Waals surface area contributed by atoms with Crippen LogP contribution in [0.2, 0.25) is 0 Å². The van der Waals surface area contributed by atoms with E-state index in [4.69, 9.17) is 14.7 Å². The van der Waals surface area contributed by atoms with E-state index < -0.39 is 0 Å². The van der Waals surface area contributed by atoms with Gasteiger partial charge in [0, 0.05) is 24.9 Å². The molecule has 1 atom stereocenters. The smallest absolute Gasteiger partial charge is 0.157 e. The van der Waals surface area contributed by atoms with Crippen LogP contribution in [0, 0.1) is 0 Å². The highest BCUT2D eigenvalue weighted by Crippen LogP contribution is 2.13. The summed E-state index contributed by atoms with van der Waals surface area (Å²) in [6.07, 6.45) is 7.04. The van der Waals surface area contributed by atoms with E-state index in [1.165, 1.54) is 12.6 Å². The summed E-state index contributed by atoms with van der Waals surface area (Å²) in [5.41, 5.74) is 1.75. The van der Waals surface area contributed by atoms with Gasteiger partial charge in [-0.3, -0.25) is 4.98 Å². The second-order valence-electron chi connectivity index (χ2n) is 4.24. The molecule has 0 spiro atoms. The highest BCUT2D eigenvalue weighted by atomic mass is 16.7. The third kappa shape index (κ3) is 4.09. The van der Waals surface area contributed by atoms with E-state index >= 15 is 0 Å². The second kappa shape index (κ2) is 7.08. The fourth-order valence-corrected chi connectivity index (χ4v) is 1.92. The average Bonchev–Trinajstić information content (AvgIpc) is 2.41. The predicted molar refractivity (Wildman–Crippen MR) is 66.9 cm³/mol. The zero-order chi connectivity index (χ0) is 12.6. The van der Waals surface area contributed by atoms with E-state index in [9.17, 15) is 0 Å². The molecular weight excluding hydrogens is 232 g/mol. The van der Waals surface area contributed by atoms with Gasteiger partial charge in [-0.05, 0) is 37.0 Å². The van der Waals surface area contributed by atoms with Crippen molar-refractivity contribution in [2.45, 2.75) is 32.0 Å². The summed E-state index contributed by atoms with van der Waals surface area (Å²) in [6, 6.07) is 3.67. The predicted octanol–water partition coefficient (Wildman–Crippen LogP) is 1.98. The molecule has 1 aliphatic heterocycles. The van der Waals surface area contributed by atoms with Crippen molar-refractivity contribution in [1.82, 2.24) is 4.98 Å². The maximum atomic E-state index is 8.46. The number of hydrogen-bond acceptors (Lipinski definition) is 5. The fraction of sp³-hybridized carbons (Fsp3) is 0.538. The van der Waals surface area contributed by atoms with Crippen LogP contribution < -0.4 is 0 Å². The van der Waals surface area contributed by atoms with Gasteiger partial charge in [0.15, 0.2) is 6.29 Å². The van der Waals surface area contributed by atoms with Gasteiger partial charge < -0.3 is 14.7 Å². The van der Waals surface area contributed by atoms with Crippen LogP contribution in [0.15, 0.2) is 23.5 Å². The van der Waals surface area contributed by atoms with Crippen molar-refractivity contribution in [2.24, 2.45) is 5.16 Å². The Hall–Kier alpha value is -1.46. The van der Waals surface area contributed by atoms with E-state index in [1.54, 1.807) is 12.3 Å². The Kier molecular flexibility index (Phi) is 5.11. The van der Waals surface area contributed by atoms with Crippen LogP contribution in [-0.2, 0) is 15.9 Å². The van der Waals surface area contributed by atoms with Gasteiger partial charge in [-0.25, -0.2) is 0 Å². The fourth-order valence-electron chi connectivity index (χ4n) is 1.92. The summed E-state index contributed by atoms with van der Waals surface area (Å²) in [7, 11) is 0. The lowest BCUT2D eigenvalue weighted by Crippen LogP contribution is -2.23. The third-order valence-electron chi connectivity index (χ3n) is 2.85. The van der Waals surface area contributed by atoms with Crippen LogP contribution in [-0.4, -0.2) is 35.9 Å². The lowest BCUT2D eigenvalue weighted by molar-refractivity contribution is -0.161. The Morgan fingerprint density at radius 1 is 1.56 bits per heavy atom. The summed E-state index contributed by atoms with van der Waals surface area (Å²) in [4.78, 5) is 4.24. The molecule has 1 saturated heterocycles. The Balaban J connectivity index is 1.77. The molecule has 2 heterocycles. The molecule has 0 aliphatic carbocycles. The van der Waals surface area contributed by atoms with E-state index in [0.29, 0.717) is 6.61 Å². The maximum Gasteiger partial charge on any atom is 0.157 e. The lowest BCUT2D eigenvalue weighted by atomic mass is 10.2. The van der Waals surface area contributed by atoms with Gasteiger partial charge in [0.05, 0.1) is 12.8 Å². The highest BCUT2D eigenvalue weighted by molar-refractivity contribution is 5.78. The van der Waals surface area contributed by atoms with Gasteiger partial charge in [-0.1, -0.05) is 5.16 Å². The van der Waals surface area contributed by atoms with Crippen molar-refractivity contribution in [3.63, 3.8) is 0 Å². The maximum absolute atomic E-state index is 8.46. The molecule has 2 rings (SSSR count). The molecule has 1 aromatic rings. The molecule has 1 aromatic heterocycles. The Morgan fingerprint density at radius 3 is 3.28 bits per heavy atom. The van der Waals surface area contributed by atoms with Crippen LogP contribution in [0.1, 0.15) is 30.5 Å². The number of pyridine rings is 1. The number of nitrogens with zero attached hydrogens (tertiary/aromatic N) is 2. The standard InChI is InChI=1S/C13H18N2O3/c16-15-10-11-4-6-14-12(9-11)5-8-18-13-3-1-2-7-17-13/h4,6,9-10,13,16H,1-3,5,7-8H2. The number of hydrogen-bond donors (Lipinski definition) is 1. The van der Waals surface area contributed by atoms with Gasteiger partial charge in [-0.2, -0.15) is 0 Å². The van der Waals surface area contributed by atoms with Gasteiger partial charge in [0.2, 0.25) is 0 Å². The minimum absolute atomic E-state index is 0.0547. The van der Waals surface area contributed by atoms with Crippen LogP contribution in [0.4, 0.5) is 0 Å². The summed E-state index contributed by atoms with van der Waals surface area (Å²) in [5.74, 6) is 0. The molecule has 5 nitrogen and oxygen atoms in total. The number of rotatable bonds is 5. The Bertz CT molecular complexity index is 390. The molecule has 98 valence electrons. The zero-order valence-electron chi connectivity index (χ0n) is 10.3. The minimum atomic E-state index is -0.0547. The number of oxime groups is 1. The molecule has 18 heavy (non-hydrogen) atoms. The monoisotopic (exact) mass is 250 g/mol. The second-order valence-corrected chi connectivity index (χ2v) is 4.24. The molecule has 0 radical (unpaired) electrons. The molecule has 1 fully saturated rings. The first-order valence-electron chi connectivity index (χ1n) is 6.24. The molecule has 0 amide bonds. The van der Waals surface area contributed by atoms with Crippen LogP contribution >= 0.6 is 0 Å². The molecule has 0 aromatic carbocycles. The zero-order valence-corrected chi connectivity index (χ0v) is 10.3. The van der Waals surface area contributed by atoms with Crippen molar-refractivity contribution in [3.8, 4) is 0 Å². The first kappa shape index (κ1) is 13.0.